The molecule has 7 nitrogen and oxygen atoms in total. The Morgan fingerprint density at radius 1 is 1.60 bits per heavy atom. The van der Waals surface area contributed by atoms with Crippen LogP contribution in [0.5, 0.6) is 5.75 Å². The number of nitrogens with zero attached hydrogens (tertiary/aromatic N) is 2. The molecule has 1 fully saturated rings. The first kappa shape index (κ1) is 14.2. The highest BCUT2D eigenvalue weighted by Crippen LogP contribution is 2.22. The van der Waals surface area contributed by atoms with Gasteiger partial charge in [0.05, 0.1) is 4.92 Å². The van der Waals surface area contributed by atoms with Gasteiger partial charge in [0.1, 0.15) is 5.75 Å². The Labute approximate surface area is 114 Å². The van der Waals surface area contributed by atoms with Crippen molar-refractivity contribution in [1.29, 1.82) is 0 Å². The lowest BCUT2D eigenvalue weighted by atomic mass is 10.3. The second-order valence-electron chi connectivity index (χ2n) is 4.55. The molecule has 108 valence electrons. The molecular weight excluding hydrogens is 269 g/mol. The molecule has 1 aliphatic heterocycles. The minimum atomic E-state index is -0.997. The number of likely N-dealkylation sites (tertiary alicyclic amines) is 1. The van der Waals surface area contributed by atoms with E-state index >= 15 is 0 Å². The summed E-state index contributed by atoms with van der Waals surface area (Å²) >= 11 is 0. The van der Waals surface area contributed by atoms with Gasteiger partial charge in [-0.25, -0.2) is 0 Å². The molecule has 0 saturated carbocycles. The summed E-state index contributed by atoms with van der Waals surface area (Å²) in [5.41, 5.74) is 5.06. The van der Waals surface area contributed by atoms with E-state index in [0.29, 0.717) is 13.1 Å². The number of hydrogen-bond donors (Lipinski definition) is 1. The molecule has 0 unspecified atom stereocenters. The van der Waals surface area contributed by atoms with Crippen LogP contribution in [0.4, 0.5) is 10.1 Å². The number of carbonyl (C=O) groups excluding carboxylic acids is 1. The van der Waals surface area contributed by atoms with E-state index in [0.717, 1.165) is 18.6 Å². The highest BCUT2D eigenvalue weighted by Gasteiger charge is 2.24. The zero-order valence-corrected chi connectivity index (χ0v) is 10.6. The van der Waals surface area contributed by atoms with Gasteiger partial charge < -0.3 is 15.4 Å². The van der Waals surface area contributed by atoms with Crippen LogP contribution in [0.2, 0.25) is 0 Å². The van der Waals surface area contributed by atoms with E-state index in [1.54, 1.807) is 4.90 Å². The Balaban J connectivity index is 1.92. The molecule has 0 spiro atoms. The summed E-state index contributed by atoms with van der Waals surface area (Å²) in [6.45, 7) is 0.818. The molecule has 0 bridgehead atoms. The van der Waals surface area contributed by atoms with Crippen LogP contribution in [0.3, 0.4) is 0 Å². The Morgan fingerprint density at radius 2 is 2.35 bits per heavy atom. The van der Waals surface area contributed by atoms with E-state index in [1.165, 1.54) is 6.07 Å². The van der Waals surface area contributed by atoms with Gasteiger partial charge in [-0.15, -0.1) is 0 Å². The fourth-order valence-corrected chi connectivity index (χ4v) is 1.98. The maximum atomic E-state index is 13.3. The summed E-state index contributed by atoms with van der Waals surface area (Å²) in [6, 6.07) is 3.13. The van der Waals surface area contributed by atoms with Crippen LogP contribution >= 0.6 is 0 Å². The van der Waals surface area contributed by atoms with E-state index in [-0.39, 0.29) is 24.3 Å². The topological polar surface area (TPSA) is 98.7 Å². The maximum absolute atomic E-state index is 13.3. The summed E-state index contributed by atoms with van der Waals surface area (Å²) in [5, 5.41) is 10.5. The van der Waals surface area contributed by atoms with E-state index in [9.17, 15) is 19.3 Å². The van der Waals surface area contributed by atoms with E-state index < -0.39 is 16.4 Å². The lowest BCUT2D eigenvalue weighted by Crippen LogP contribution is -2.35. The number of nitro benzene ring substituents is 1. The van der Waals surface area contributed by atoms with Gasteiger partial charge in [-0.05, 0) is 12.5 Å². The number of amides is 1. The van der Waals surface area contributed by atoms with Gasteiger partial charge in [0.15, 0.2) is 6.61 Å². The highest BCUT2D eigenvalue weighted by molar-refractivity contribution is 5.78. The molecule has 0 radical (unpaired) electrons. The van der Waals surface area contributed by atoms with Crippen LogP contribution in [0.1, 0.15) is 6.42 Å². The number of nitrogens with two attached hydrogens (primary N) is 1. The zero-order chi connectivity index (χ0) is 14.7. The average molecular weight is 283 g/mol. The smallest absolute Gasteiger partial charge is 0.305 e. The quantitative estimate of drug-likeness (QED) is 0.647. The molecule has 20 heavy (non-hydrogen) atoms. The van der Waals surface area contributed by atoms with Crippen molar-refractivity contribution in [3.05, 3.63) is 34.1 Å². The molecule has 1 amide bonds. The third kappa shape index (κ3) is 3.21. The summed E-state index contributed by atoms with van der Waals surface area (Å²) in [4.78, 5) is 23.0. The minimum absolute atomic E-state index is 0.0178. The van der Waals surface area contributed by atoms with Crippen LogP contribution in [0.15, 0.2) is 18.2 Å². The van der Waals surface area contributed by atoms with E-state index in [4.69, 9.17) is 10.5 Å². The average Bonchev–Trinajstić information content (AvgIpc) is 2.82. The summed E-state index contributed by atoms with van der Waals surface area (Å²) < 4.78 is 18.5. The van der Waals surface area contributed by atoms with Crippen molar-refractivity contribution in [2.75, 3.05) is 19.7 Å². The first-order valence-corrected chi connectivity index (χ1v) is 6.07. The first-order valence-electron chi connectivity index (χ1n) is 6.07. The normalized spacial score (nSPS) is 18.1. The Bertz CT molecular complexity index is 537. The van der Waals surface area contributed by atoms with Crippen molar-refractivity contribution in [1.82, 2.24) is 4.90 Å². The fourth-order valence-electron chi connectivity index (χ4n) is 1.98. The van der Waals surface area contributed by atoms with Crippen molar-refractivity contribution in [3.8, 4) is 5.75 Å². The van der Waals surface area contributed by atoms with Gasteiger partial charge >= 0.3 is 5.69 Å². The minimum Gasteiger partial charge on any atom is -0.484 e. The number of ether oxygens (including phenoxy) is 1. The molecule has 8 heteroatoms. The number of benzene rings is 1. The summed E-state index contributed by atoms with van der Waals surface area (Å²) in [5.74, 6) is -1.16. The second kappa shape index (κ2) is 5.83. The lowest BCUT2D eigenvalue weighted by molar-refractivity contribution is -0.387. The predicted octanol–water partition coefficient (Wildman–Crippen LogP) is 0.672. The molecule has 1 heterocycles. The molecule has 2 N–H and O–H groups in total. The number of hydrogen-bond acceptors (Lipinski definition) is 5. The molecule has 1 aromatic carbocycles. The number of halogens is 1. The van der Waals surface area contributed by atoms with Crippen molar-refractivity contribution in [2.45, 2.75) is 12.5 Å². The molecule has 1 aliphatic rings. The standard InChI is InChI=1S/C12H14FN3O4/c13-10-5-9(1-2-11(10)16(18)19)20-7-12(17)15-4-3-8(14)6-15/h1-2,5,8H,3-4,6-7,14H2/t8-/m1/s1. The number of nitro groups is 1. The van der Waals surface area contributed by atoms with Crippen LogP contribution in [0.25, 0.3) is 0 Å². The van der Waals surface area contributed by atoms with Crippen LogP contribution in [0, 0.1) is 15.9 Å². The van der Waals surface area contributed by atoms with Gasteiger partial charge in [0.2, 0.25) is 5.82 Å². The second-order valence-corrected chi connectivity index (χ2v) is 4.55. The van der Waals surface area contributed by atoms with Gasteiger partial charge in [-0.2, -0.15) is 4.39 Å². The monoisotopic (exact) mass is 283 g/mol. The third-order valence-corrected chi connectivity index (χ3v) is 3.06. The molecule has 1 atom stereocenters. The van der Waals surface area contributed by atoms with Gasteiger partial charge in [-0.1, -0.05) is 0 Å². The largest absolute Gasteiger partial charge is 0.484 e. The molecule has 1 aromatic rings. The Kier molecular flexibility index (Phi) is 4.14. The molecule has 1 saturated heterocycles. The Morgan fingerprint density at radius 3 is 2.90 bits per heavy atom. The van der Waals surface area contributed by atoms with Gasteiger partial charge in [0, 0.05) is 31.3 Å². The van der Waals surface area contributed by atoms with Crippen molar-refractivity contribution < 1.29 is 18.8 Å². The maximum Gasteiger partial charge on any atom is 0.305 e. The van der Waals surface area contributed by atoms with E-state index in [1.807, 2.05) is 0 Å². The van der Waals surface area contributed by atoms with Gasteiger partial charge in [0.25, 0.3) is 5.91 Å². The predicted molar refractivity (Wildman–Crippen MR) is 67.7 cm³/mol. The van der Waals surface area contributed by atoms with Crippen LogP contribution in [-0.4, -0.2) is 41.5 Å². The SMILES string of the molecule is N[C@@H]1CCN(C(=O)COc2ccc([N+](=O)[O-])c(F)c2)C1. The van der Waals surface area contributed by atoms with Crippen LogP contribution in [-0.2, 0) is 4.79 Å². The molecule has 0 aliphatic carbocycles. The highest BCUT2D eigenvalue weighted by atomic mass is 19.1. The number of rotatable bonds is 4. The van der Waals surface area contributed by atoms with Crippen molar-refractivity contribution in [3.63, 3.8) is 0 Å². The van der Waals surface area contributed by atoms with Crippen molar-refractivity contribution >= 4 is 11.6 Å². The van der Waals surface area contributed by atoms with E-state index in [2.05, 4.69) is 0 Å². The molecular formula is C12H14FN3O4. The van der Waals surface area contributed by atoms with Crippen molar-refractivity contribution in [2.24, 2.45) is 5.73 Å². The third-order valence-electron chi connectivity index (χ3n) is 3.06. The molecule has 0 aromatic heterocycles. The Hall–Kier alpha value is -2.22. The lowest BCUT2D eigenvalue weighted by Gasteiger charge is -2.16. The van der Waals surface area contributed by atoms with Gasteiger partial charge in [-0.3, -0.25) is 14.9 Å². The fraction of sp³-hybridized carbons (Fsp3) is 0.417. The summed E-state index contributed by atoms with van der Waals surface area (Å²) in [6.07, 6.45) is 0.748. The number of carbonyl (C=O) groups is 1. The zero-order valence-electron chi connectivity index (χ0n) is 10.6. The van der Waals surface area contributed by atoms with Crippen LogP contribution < -0.4 is 10.5 Å². The first-order chi connectivity index (χ1) is 9.47. The summed E-state index contributed by atoms with van der Waals surface area (Å²) in [7, 11) is 0. The molecule has 2 rings (SSSR count).